The molecule has 2 rings (SSSR count). The molecule has 6 nitrogen and oxygen atoms in total. The number of methoxy groups -OCH3 is 1. The van der Waals surface area contributed by atoms with Crippen molar-refractivity contribution in [2.45, 2.75) is 19.4 Å². The summed E-state index contributed by atoms with van der Waals surface area (Å²) in [7, 11) is 1.64. The minimum absolute atomic E-state index is 0.686. The predicted molar refractivity (Wildman–Crippen MR) is 75.8 cm³/mol. The van der Waals surface area contributed by atoms with Crippen LogP contribution in [0.3, 0.4) is 0 Å². The second kappa shape index (κ2) is 6.63. The van der Waals surface area contributed by atoms with E-state index in [2.05, 4.69) is 31.5 Å². The maximum Gasteiger partial charge on any atom is 0.182 e. The van der Waals surface area contributed by atoms with E-state index in [1.54, 1.807) is 11.8 Å². The van der Waals surface area contributed by atoms with Gasteiger partial charge < -0.3 is 10.5 Å². The van der Waals surface area contributed by atoms with Gasteiger partial charge in [-0.25, -0.2) is 4.68 Å². The summed E-state index contributed by atoms with van der Waals surface area (Å²) in [6, 6.07) is 5.77. The van der Waals surface area contributed by atoms with E-state index in [0.717, 1.165) is 41.0 Å². The Kier molecular flexibility index (Phi) is 4.86. The molecule has 2 aromatic rings. The van der Waals surface area contributed by atoms with Gasteiger partial charge in [0.15, 0.2) is 5.82 Å². The largest absolute Gasteiger partial charge is 0.496 e. The third kappa shape index (κ3) is 3.30. The molecule has 0 aliphatic rings. The van der Waals surface area contributed by atoms with Gasteiger partial charge in [-0.3, -0.25) is 0 Å². The minimum atomic E-state index is 0.686. The number of benzene rings is 1. The van der Waals surface area contributed by atoms with Crippen LogP contribution in [0.2, 0.25) is 0 Å². The zero-order valence-electron chi connectivity index (χ0n) is 10.7. The highest BCUT2D eigenvalue weighted by atomic mass is 79.9. The Balaban J connectivity index is 2.22. The molecule has 0 unspecified atom stereocenters. The first kappa shape index (κ1) is 14.0. The number of hydrogen-bond acceptors (Lipinski definition) is 5. The number of aromatic nitrogens is 4. The Labute approximate surface area is 120 Å². The van der Waals surface area contributed by atoms with Crippen LogP contribution in [-0.4, -0.2) is 33.9 Å². The number of unbranched alkanes of at least 4 members (excludes halogenated alkanes) is 1. The van der Waals surface area contributed by atoms with Gasteiger partial charge in [-0.2, -0.15) is 0 Å². The maximum atomic E-state index is 5.49. The monoisotopic (exact) mass is 325 g/mol. The average Bonchev–Trinajstić information content (AvgIpc) is 2.87. The predicted octanol–water partition coefficient (Wildman–Crippen LogP) is 1.85. The summed E-state index contributed by atoms with van der Waals surface area (Å²) in [5.41, 5.74) is 6.44. The molecule has 0 aliphatic carbocycles. The van der Waals surface area contributed by atoms with E-state index in [-0.39, 0.29) is 0 Å². The number of halogens is 1. The molecule has 0 amide bonds. The standard InChI is InChI=1S/C12H16BrN5O/c1-19-11-5-4-9(8-10(11)13)12-15-16-17-18(12)7-3-2-6-14/h4-5,8H,2-3,6-7,14H2,1H3. The number of nitrogens with two attached hydrogens (primary N) is 1. The van der Waals surface area contributed by atoms with Crippen LogP contribution in [0.15, 0.2) is 22.7 Å². The Morgan fingerprint density at radius 1 is 1.37 bits per heavy atom. The molecule has 1 aromatic heterocycles. The molecule has 0 spiro atoms. The van der Waals surface area contributed by atoms with Crippen molar-refractivity contribution >= 4 is 15.9 Å². The van der Waals surface area contributed by atoms with Crippen LogP contribution in [-0.2, 0) is 6.54 Å². The van der Waals surface area contributed by atoms with Gasteiger partial charge in [-0.05, 0) is 63.9 Å². The number of tetrazole rings is 1. The molecular weight excluding hydrogens is 310 g/mol. The Bertz CT molecular complexity index is 543. The maximum absolute atomic E-state index is 5.49. The second-order valence-corrected chi connectivity index (χ2v) is 4.93. The first-order chi connectivity index (χ1) is 9.26. The van der Waals surface area contributed by atoms with Crippen LogP contribution < -0.4 is 10.5 Å². The third-order valence-corrected chi connectivity index (χ3v) is 3.39. The van der Waals surface area contributed by atoms with Crippen LogP contribution in [0.25, 0.3) is 11.4 Å². The molecule has 0 radical (unpaired) electrons. The number of ether oxygens (including phenoxy) is 1. The van der Waals surface area contributed by atoms with Crippen molar-refractivity contribution in [2.75, 3.05) is 13.7 Å². The van der Waals surface area contributed by atoms with Crippen LogP contribution in [0, 0.1) is 0 Å². The van der Waals surface area contributed by atoms with Gasteiger partial charge in [0.2, 0.25) is 0 Å². The van der Waals surface area contributed by atoms with Crippen molar-refractivity contribution in [3.63, 3.8) is 0 Å². The molecule has 0 saturated heterocycles. The zero-order chi connectivity index (χ0) is 13.7. The highest BCUT2D eigenvalue weighted by Crippen LogP contribution is 2.29. The van der Waals surface area contributed by atoms with E-state index in [1.165, 1.54) is 0 Å². The lowest BCUT2D eigenvalue weighted by molar-refractivity contribution is 0.412. The fourth-order valence-electron chi connectivity index (χ4n) is 1.77. The summed E-state index contributed by atoms with van der Waals surface area (Å²) < 4.78 is 7.88. The SMILES string of the molecule is COc1ccc(-c2nnnn2CCCCN)cc1Br. The van der Waals surface area contributed by atoms with E-state index in [4.69, 9.17) is 10.5 Å². The molecule has 2 N–H and O–H groups in total. The number of aryl methyl sites for hydroxylation is 1. The van der Waals surface area contributed by atoms with Crippen molar-refractivity contribution in [1.29, 1.82) is 0 Å². The molecule has 0 fully saturated rings. The van der Waals surface area contributed by atoms with Crippen molar-refractivity contribution < 1.29 is 4.74 Å². The molecule has 1 heterocycles. The van der Waals surface area contributed by atoms with Crippen LogP contribution in [0.1, 0.15) is 12.8 Å². The summed E-state index contributed by atoms with van der Waals surface area (Å²) in [6.07, 6.45) is 1.93. The summed E-state index contributed by atoms with van der Waals surface area (Å²) >= 11 is 3.46. The summed E-state index contributed by atoms with van der Waals surface area (Å²) in [4.78, 5) is 0. The summed E-state index contributed by atoms with van der Waals surface area (Å²) in [6.45, 7) is 1.45. The molecule has 7 heteroatoms. The first-order valence-electron chi connectivity index (χ1n) is 6.06. The number of nitrogens with zero attached hydrogens (tertiary/aromatic N) is 4. The van der Waals surface area contributed by atoms with E-state index in [1.807, 2.05) is 18.2 Å². The lowest BCUT2D eigenvalue weighted by Gasteiger charge is -2.07. The molecule has 1 aromatic carbocycles. The summed E-state index contributed by atoms with van der Waals surface area (Å²) in [5.74, 6) is 1.53. The topological polar surface area (TPSA) is 78.9 Å². The smallest absolute Gasteiger partial charge is 0.182 e. The Morgan fingerprint density at radius 3 is 2.89 bits per heavy atom. The van der Waals surface area contributed by atoms with Gasteiger partial charge in [-0.15, -0.1) is 5.10 Å². The first-order valence-corrected chi connectivity index (χ1v) is 6.85. The number of rotatable bonds is 6. The number of hydrogen-bond donors (Lipinski definition) is 1. The van der Waals surface area contributed by atoms with Gasteiger partial charge in [0, 0.05) is 12.1 Å². The van der Waals surface area contributed by atoms with Gasteiger partial charge in [0.25, 0.3) is 0 Å². The molecular formula is C12H16BrN5O. The van der Waals surface area contributed by atoms with Gasteiger partial charge in [-0.1, -0.05) is 0 Å². The molecule has 0 bridgehead atoms. The third-order valence-electron chi connectivity index (χ3n) is 2.77. The highest BCUT2D eigenvalue weighted by molar-refractivity contribution is 9.10. The van der Waals surface area contributed by atoms with Crippen molar-refractivity contribution in [2.24, 2.45) is 5.73 Å². The average molecular weight is 326 g/mol. The van der Waals surface area contributed by atoms with Crippen LogP contribution in [0.4, 0.5) is 0 Å². The van der Waals surface area contributed by atoms with Crippen molar-refractivity contribution in [3.8, 4) is 17.1 Å². The molecule has 102 valence electrons. The van der Waals surface area contributed by atoms with E-state index < -0.39 is 0 Å². The van der Waals surface area contributed by atoms with E-state index in [0.29, 0.717) is 6.54 Å². The van der Waals surface area contributed by atoms with Crippen molar-refractivity contribution in [3.05, 3.63) is 22.7 Å². The molecule has 0 atom stereocenters. The molecule has 19 heavy (non-hydrogen) atoms. The fraction of sp³-hybridized carbons (Fsp3) is 0.417. The lowest BCUT2D eigenvalue weighted by Crippen LogP contribution is -2.06. The fourth-order valence-corrected chi connectivity index (χ4v) is 2.31. The Hall–Kier alpha value is -1.47. The molecule has 0 aliphatic heterocycles. The highest BCUT2D eigenvalue weighted by Gasteiger charge is 2.10. The van der Waals surface area contributed by atoms with Gasteiger partial charge >= 0.3 is 0 Å². The van der Waals surface area contributed by atoms with E-state index in [9.17, 15) is 0 Å². The van der Waals surface area contributed by atoms with E-state index >= 15 is 0 Å². The van der Waals surface area contributed by atoms with Gasteiger partial charge in [0.1, 0.15) is 5.75 Å². The van der Waals surface area contributed by atoms with Gasteiger partial charge in [0.05, 0.1) is 11.6 Å². The van der Waals surface area contributed by atoms with Crippen LogP contribution in [0.5, 0.6) is 5.75 Å². The Morgan fingerprint density at radius 2 is 2.21 bits per heavy atom. The lowest BCUT2D eigenvalue weighted by atomic mass is 10.2. The second-order valence-electron chi connectivity index (χ2n) is 4.07. The quantitative estimate of drug-likeness (QED) is 0.820. The normalized spacial score (nSPS) is 10.7. The van der Waals surface area contributed by atoms with Crippen molar-refractivity contribution in [1.82, 2.24) is 20.2 Å². The molecule has 0 saturated carbocycles. The zero-order valence-corrected chi connectivity index (χ0v) is 12.3. The minimum Gasteiger partial charge on any atom is -0.496 e. The van der Waals surface area contributed by atoms with Crippen LogP contribution >= 0.6 is 15.9 Å². The summed E-state index contributed by atoms with van der Waals surface area (Å²) in [5, 5.41) is 11.8.